The van der Waals surface area contributed by atoms with Crippen molar-refractivity contribution in [3.63, 3.8) is 0 Å². The number of hydrogen-bond donors (Lipinski definition) is 2. The molecule has 23 heavy (non-hydrogen) atoms. The van der Waals surface area contributed by atoms with E-state index in [4.69, 9.17) is 13.9 Å². The molecule has 2 rings (SSSR count). The van der Waals surface area contributed by atoms with Crippen LogP contribution < -0.4 is 14.2 Å². The van der Waals surface area contributed by atoms with E-state index in [0.717, 1.165) is 0 Å². The molecule has 8 heteroatoms. The van der Waals surface area contributed by atoms with E-state index in [2.05, 4.69) is 4.72 Å². The number of aliphatic hydroxyl groups excluding tert-OH is 1. The lowest BCUT2D eigenvalue weighted by Crippen LogP contribution is -2.26. The monoisotopic (exact) mass is 341 g/mol. The molecule has 0 radical (unpaired) electrons. The third-order valence-electron chi connectivity index (χ3n) is 3.24. The summed E-state index contributed by atoms with van der Waals surface area (Å²) < 4.78 is 42.3. The number of nitrogens with one attached hydrogen (secondary N) is 1. The molecule has 0 bridgehead atoms. The number of aliphatic hydroxyl groups is 1. The summed E-state index contributed by atoms with van der Waals surface area (Å²) in [5.74, 6) is 1.07. The van der Waals surface area contributed by atoms with Crippen molar-refractivity contribution >= 4 is 10.0 Å². The molecule has 0 fully saturated rings. The maximum atomic E-state index is 12.3. The Morgan fingerprint density at radius 3 is 2.65 bits per heavy atom. The summed E-state index contributed by atoms with van der Waals surface area (Å²) in [4.78, 5) is 0.00767. The second-order valence-electron chi connectivity index (χ2n) is 4.73. The minimum atomic E-state index is -3.76. The summed E-state index contributed by atoms with van der Waals surface area (Å²) in [6.45, 7) is 0.0549. The normalized spacial score (nSPS) is 12.8. The molecule has 0 amide bonds. The van der Waals surface area contributed by atoms with Gasteiger partial charge in [0.15, 0.2) is 0 Å². The van der Waals surface area contributed by atoms with Crippen LogP contribution in [-0.4, -0.2) is 34.3 Å². The van der Waals surface area contributed by atoms with Crippen LogP contribution in [0.25, 0.3) is 0 Å². The topological polar surface area (TPSA) is 98.0 Å². The summed E-state index contributed by atoms with van der Waals surface area (Å²) in [6.07, 6.45) is 0.765. The van der Waals surface area contributed by atoms with Gasteiger partial charge in [0.1, 0.15) is 28.3 Å². The van der Waals surface area contributed by atoms with Crippen LogP contribution in [-0.2, 0) is 10.0 Å². The first-order valence-electron chi connectivity index (χ1n) is 6.91. The van der Waals surface area contributed by atoms with Gasteiger partial charge in [-0.15, -0.1) is 0 Å². The average molecular weight is 341 g/mol. The molecule has 0 aliphatic heterocycles. The molecule has 0 spiro atoms. The number of rotatable bonds is 8. The van der Waals surface area contributed by atoms with E-state index >= 15 is 0 Å². The summed E-state index contributed by atoms with van der Waals surface area (Å²) in [6, 6.07) is 7.72. The van der Waals surface area contributed by atoms with Gasteiger partial charge >= 0.3 is 0 Å². The van der Waals surface area contributed by atoms with Gasteiger partial charge in [0.25, 0.3) is 0 Å². The van der Waals surface area contributed by atoms with Gasteiger partial charge in [-0.2, -0.15) is 0 Å². The molecule has 0 aliphatic carbocycles. The molecule has 126 valence electrons. The first-order chi connectivity index (χ1) is 11.0. The maximum Gasteiger partial charge on any atom is 0.244 e. The second kappa shape index (κ2) is 7.49. The zero-order chi connectivity index (χ0) is 16.9. The molecule has 1 atom stereocenters. The fourth-order valence-electron chi connectivity index (χ4n) is 2.03. The van der Waals surface area contributed by atoms with Crippen LogP contribution in [0.1, 0.15) is 18.3 Å². The van der Waals surface area contributed by atoms with Crippen molar-refractivity contribution in [2.24, 2.45) is 0 Å². The van der Waals surface area contributed by atoms with Crippen LogP contribution >= 0.6 is 0 Å². The van der Waals surface area contributed by atoms with Crippen molar-refractivity contribution < 1.29 is 27.4 Å². The van der Waals surface area contributed by atoms with Crippen molar-refractivity contribution in [3.8, 4) is 11.5 Å². The van der Waals surface area contributed by atoms with Gasteiger partial charge in [-0.1, -0.05) is 0 Å². The van der Waals surface area contributed by atoms with Crippen molar-refractivity contribution in [2.75, 3.05) is 20.8 Å². The molecule has 1 heterocycles. The molecule has 2 aromatic rings. The minimum absolute atomic E-state index is 0.00767. The third-order valence-corrected chi connectivity index (χ3v) is 4.74. The Morgan fingerprint density at radius 1 is 1.26 bits per heavy atom. The first-order valence-corrected chi connectivity index (χ1v) is 8.39. The highest BCUT2D eigenvalue weighted by molar-refractivity contribution is 7.89. The van der Waals surface area contributed by atoms with E-state index in [-0.39, 0.29) is 23.6 Å². The highest BCUT2D eigenvalue weighted by Crippen LogP contribution is 2.28. The van der Waals surface area contributed by atoms with E-state index in [1.165, 1.54) is 38.7 Å². The van der Waals surface area contributed by atoms with Gasteiger partial charge in [-0.3, -0.25) is 0 Å². The summed E-state index contributed by atoms with van der Waals surface area (Å²) in [7, 11) is -0.898. The van der Waals surface area contributed by atoms with E-state index < -0.39 is 16.1 Å². The smallest absolute Gasteiger partial charge is 0.244 e. The quantitative estimate of drug-likeness (QED) is 0.758. The standard InChI is InChI=1S/C15H19NO6S/c1-20-11-5-6-15(14(10-11)21-2)23(18,19)16-8-7-12(17)13-4-3-9-22-13/h3-6,9-10,12,16-17H,7-8H2,1-2H3. The first kappa shape index (κ1) is 17.3. The van der Waals surface area contributed by atoms with Crippen molar-refractivity contribution in [1.82, 2.24) is 4.72 Å². The molecule has 2 N–H and O–H groups in total. The van der Waals surface area contributed by atoms with Gasteiger partial charge in [-0.05, 0) is 30.7 Å². The number of ether oxygens (including phenoxy) is 2. The molecule has 1 aromatic heterocycles. The fourth-order valence-corrected chi connectivity index (χ4v) is 3.22. The van der Waals surface area contributed by atoms with Crippen LogP contribution in [0.4, 0.5) is 0 Å². The summed E-state index contributed by atoms with van der Waals surface area (Å²) in [5.41, 5.74) is 0. The van der Waals surface area contributed by atoms with Crippen LogP contribution in [0.2, 0.25) is 0 Å². The lowest BCUT2D eigenvalue weighted by molar-refractivity contribution is 0.141. The molecule has 0 aliphatic rings. The predicted octanol–water partition coefficient (Wildman–Crippen LogP) is 1.70. The van der Waals surface area contributed by atoms with E-state index in [1.807, 2.05) is 0 Å². The Kier molecular flexibility index (Phi) is 5.64. The summed E-state index contributed by atoms with van der Waals surface area (Å²) in [5, 5.41) is 9.88. The lowest BCUT2D eigenvalue weighted by atomic mass is 10.2. The van der Waals surface area contributed by atoms with Crippen molar-refractivity contribution in [3.05, 3.63) is 42.4 Å². The molecule has 0 saturated heterocycles. The van der Waals surface area contributed by atoms with Gasteiger partial charge in [0, 0.05) is 12.6 Å². The van der Waals surface area contributed by atoms with Gasteiger partial charge < -0.3 is 19.0 Å². The highest BCUT2D eigenvalue weighted by atomic mass is 32.2. The molecular weight excluding hydrogens is 322 g/mol. The molecule has 1 aromatic carbocycles. The number of sulfonamides is 1. The van der Waals surface area contributed by atoms with Crippen LogP contribution in [0, 0.1) is 0 Å². The number of benzene rings is 1. The Morgan fingerprint density at radius 2 is 2.04 bits per heavy atom. The van der Waals surface area contributed by atoms with E-state index in [0.29, 0.717) is 11.5 Å². The fraction of sp³-hybridized carbons (Fsp3) is 0.333. The number of hydrogen-bond acceptors (Lipinski definition) is 6. The average Bonchev–Trinajstić information content (AvgIpc) is 3.08. The zero-order valence-electron chi connectivity index (χ0n) is 12.9. The Hall–Kier alpha value is -2.03. The maximum absolute atomic E-state index is 12.3. The van der Waals surface area contributed by atoms with Crippen LogP contribution in [0.3, 0.4) is 0 Å². The summed E-state index contributed by atoms with van der Waals surface area (Å²) >= 11 is 0. The van der Waals surface area contributed by atoms with Crippen LogP contribution in [0.5, 0.6) is 11.5 Å². The molecule has 0 saturated carbocycles. The predicted molar refractivity (Wildman–Crippen MR) is 83.0 cm³/mol. The molecular formula is C15H19NO6S. The highest BCUT2D eigenvalue weighted by Gasteiger charge is 2.20. The van der Waals surface area contributed by atoms with E-state index in [9.17, 15) is 13.5 Å². The molecule has 7 nitrogen and oxygen atoms in total. The van der Waals surface area contributed by atoms with Crippen molar-refractivity contribution in [2.45, 2.75) is 17.4 Å². The van der Waals surface area contributed by atoms with Gasteiger partial charge in [-0.25, -0.2) is 13.1 Å². The van der Waals surface area contributed by atoms with E-state index in [1.54, 1.807) is 12.1 Å². The SMILES string of the molecule is COc1ccc(S(=O)(=O)NCCC(O)c2ccco2)c(OC)c1. The third kappa shape index (κ3) is 4.25. The Bertz CT molecular complexity index is 726. The van der Waals surface area contributed by atoms with Gasteiger partial charge in [0.2, 0.25) is 10.0 Å². The second-order valence-corrected chi connectivity index (χ2v) is 6.47. The largest absolute Gasteiger partial charge is 0.497 e. The lowest BCUT2D eigenvalue weighted by Gasteiger charge is -2.13. The van der Waals surface area contributed by atoms with Gasteiger partial charge in [0.05, 0.1) is 20.5 Å². The number of furan rings is 1. The minimum Gasteiger partial charge on any atom is -0.497 e. The van der Waals surface area contributed by atoms with Crippen LogP contribution in [0.15, 0.2) is 45.9 Å². The van der Waals surface area contributed by atoms with Crippen molar-refractivity contribution in [1.29, 1.82) is 0 Å². The zero-order valence-corrected chi connectivity index (χ0v) is 13.7. The Labute approximate surface area is 134 Å². The Balaban J connectivity index is 2.04. The molecule has 1 unspecified atom stereocenters. The number of methoxy groups -OCH3 is 2.